The number of ether oxygens (including phenoxy) is 1. The van der Waals surface area contributed by atoms with Gasteiger partial charge in [-0.1, -0.05) is 84.4 Å². The molecule has 4 rings (SSSR count). The lowest BCUT2D eigenvalue weighted by molar-refractivity contribution is -0.139. The first-order valence-electron chi connectivity index (χ1n) is 11.3. The molecule has 33 heavy (non-hydrogen) atoms. The van der Waals surface area contributed by atoms with Crippen molar-refractivity contribution in [1.29, 1.82) is 0 Å². The van der Waals surface area contributed by atoms with E-state index in [4.69, 9.17) is 14.7 Å². The molecule has 0 amide bonds. The fourth-order valence-electron chi connectivity index (χ4n) is 4.19. The minimum Gasteiger partial charge on any atom is -0.482 e. The van der Waals surface area contributed by atoms with Gasteiger partial charge in [-0.15, -0.1) is 0 Å². The maximum Gasteiger partial charge on any atom is 0.341 e. The Morgan fingerprint density at radius 1 is 0.939 bits per heavy atom. The standard InChI is InChI=1S/C28H29NO4/c30-27(31)20-32-26-15-7-14-24-19-21(16-17-25(24)26)9-8-18-29-33-28(22-10-3-1-4-11-22)23-12-5-2-6-13-23/h1-7,9-15,28-29H,8,16-20H2,(H,30,31)/b21-9+. The van der Waals surface area contributed by atoms with Gasteiger partial charge in [-0.2, -0.15) is 0 Å². The number of aliphatic carboxylic acids is 1. The van der Waals surface area contributed by atoms with Crippen molar-refractivity contribution in [1.82, 2.24) is 5.48 Å². The SMILES string of the molecule is O=C(O)COc1cccc2c1CC/C(=C\CCNOC(c1ccccc1)c1ccccc1)C2. The molecular formula is C28H29NO4. The van der Waals surface area contributed by atoms with Crippen LogP contribution >= 0.6 is 0 Å². The van der Waals surface area contributed by atoms with Crippen molar-refractivity contribution < 1.29 is 19.5 Å². The molecule has 0 unspecified atom stereocenters. The van der Waals surface area contributed by atoms with Crippen molar-refractivity contribution in [2.45, 2.75) is 31.8 Å². The summed E-state index contributed by atoms with van der Waals surface area (Å²) < 4.78 is 5.46. The number of hydroxylamine groups is 1. The van der Waals surface area contributed by atoms with Crippen LogP contribution in [0.5, 0.6) is 5.75 Å². The van der Waals surface area contributed by atoms with Gasteiger partial charge in [0, 0.05) is 6.54 Å². The Balaban J connectivity index is 1.31. The lowest BCUT2D eigenvalue weighted by Gasteiger charge is -2.22. The molecule has 1 aliphatic carbocycles. The second-order valence-corrected chi connectivity index (χ2v) is 8.12. The molecule has 5 heteroatoms. The van der Waals surface area contributed by atoms with Crippen molar-refractivity contribution in [2.24, 2.45) is 0 Å². The highest BCUT2D eigenvalue weighted by Gasteiger charge is 2.18. The Hall–Kier alpha value is -3.41. The van der Waals surface area contributed by atoms with Crippen molar-refractivity contribution in [2.75, 3.05) is 13.2 Å². The second-order valence-electron chi connectivity index (χ2n) is 8.12. The predicted octanol–water partition coefficient (Wildman–Crippen LogP) is 5.27. The minimum absolute atomic E-state index is 0.161. The summed E-state index contributed by atoms with van der Waals surface area (Å²) in [5.41, 5.74) is 9.12. The van der Waals surface area contributed by atoms with Gasteiger partial charge in [0.15, 0.2) is 6.61 Å². The number of nitrogens with one attached hydrogen (secondary N) is 1. The third-order valence-corrected chi connectivity index (χ3v) is 5.78. The first-order chi connectivity index (χ1) is 16.2. The van der Waals surface area contributed by atoms with Crippen LogP contribution in [0.1, 0.15) is 41.2 Å². The summed E-state index contributed by atoms with van der Waals surface area (Å²) in [5.74, 6) is -0.266. The monoisotopic (exact) mass is 443 g/mol. The fourth-order valence-corrected chi connectivity index (χ4v) is 4.19. The van der Waals surface area contributed by atoms with Crippen LogP contribution in [0.4, 0.5) is 0 Å². The molecule has 0 atom stereocenters. The lowest BCUT2D eigenvalue weighted by Crippen LogP contribution is -2.20. The number of hydrogen-bond donors (Lipinski definition) is 2. The van der Waals surface area contributed by atoms with Gasteiger partial charge in [0.25, 0.3) is 0 Å². The van der Waals surface area contributed by atoms with Crippen LogP contribution in [0.2, 0.25) is 0 Å². The summed E-state index contributed by atoms with van der Waals surface area (Å²) in [7, 11) is 0. The molecule has 0 radical (unpaired) electrons. The summed E-state index contributed by atoms with van der Waals surface area (Å²) in [4.78, 5) is 16.9. The molecule has 1 aliphatic rings. The van der Waals surface area contributed by atoms with Crippen LogP contribution in [-0.2, 0) is 22.5 Å². The average molecular weight is 444 g/mol. The molecule has 0 bridgehead atoms. The third-order valence-electron chi connectivity index (χ3n) is 5.78. The summed E-state index contributed by atoms with van der Waals surface area (Å²) in [5, 5.41) is 8.88. The first-order valence-corrected chi connectivity index (χ1v) is 11.3. The quantitative estimate of drug-likeness (QED) is 0.254. The largest absolute Gasteiger partial charge is 0.482 e. The van der Waals surface area contributed by atoms with E-state index in [1.807, 2.05) is 48.5 Å². The second kappa shape index (κ2) is 11.5. The molecule has 3 aromatic rings. The smallest absolute Gasteiger partial charge is 0.341 e. The minimum atomic E-state index is -0.958. The summed E-state index contributed by atoms with van der Waals surface area (Å²) in [6, 6.07) is 26.3. The number of fused-ring (bicyclic) bond motifs is 1. The Kier molecular flexibility index (Phi) is 7.90. The molecule has 0 spiro atoms. The molecule has 170 valence electrons. The molecule has 0 heterocycles. The lowest BCUT2D eigenvalue weighted by atomic mass is 9.87. The van der Waals surface area contributed by atoms with E-state index in [1.165, 1.54) is 11.1 Å². The Morgan fingerprint density at radius 2 is 1.64 bits per heavy atom. The van der Waals surface area contributed by atoms with Gasteiger partial charge >= 0.3 is 5.97 Å². The van der Waals surface area contributed by atoms with Gasteiger partial charge in [0.2, 0.25) is 0 Å². The first kappa shape index (κ1) is 22.8. The number of rotatable bonds is 10. The van der Waals surface area contributed by atoms with E-state index in [1.54, 1.807) is 0 Å². The average Bonchev–Trinajstić information content (AvgIpc) is 2.85. The predicted molar refractivity (Wildman–Crippen MR) is 128 cm³/mol. The zero-order valence-corrected chi connectivity index (χ0v) is 18.6. The number of carbonyl (C=O) groups is 1. The van der Waals surface area contributed by atoms with Crippen LogP contribution in [0.15, 0.2) is 90.5 Å². The maximum absolute atomic E-state index is 10.8. The molecule has 0 saturated heterocycles. The third kappa shape index (κ3) is 6.31. The van der Waals surface area contributed by atoms with E-state index in [2.05, 4.69) is 41.9 Å². The molecule has 0 fully saturated rings. The Morgan fingerprint density at radius 3 is 2.30 bits per heavy atom. The molecule has 5 nitrogen and oxygen atoms in total. The van der Waals surface area contributed by atoms with E-state index >= 15 is 0 Å². The summed E-state index contributed by atoms with van der Waals surface area (Å²) in [6.07, 6.45) is 5.69. The highest BCUT2D eigenvalue weighted by atomic mass is 16.7. The Bertz CT molecular complexity index is 1040. The van der Waals surface area contributed by atoms with Gasteiger partial charge in [0.05, 0.1) is 0 Å². The highest BCUT2D eigenvalue weighted by Crippen LogP contribution is 2.32. The van der Waals surface area contributed by atoms with E-state index in [0.29, 0.717) is 12.3 Å². The van der Waals surface area contributed by atoms with Crippen LogP contribution < -0.4 is 10.2 Å². The zero-order chi connectivity index (χ0) is 22.9. The molecule has 0 saturated carbocycles. The molecule has 2 N–H and O–H groups in total. The Labute approximate surface area is 194 Å². The molecule has 0 aliphatic heterocycles. The fraction of sp³-hybridized carbons (Fsp3) is 0.250. The topological polar surface area (TPSA) is 67.8 Å². The number of hydrogen-bond acceptors (Lipinski definition) is 4. The number of carboxylic acid groups (broad SMARTS) is 1. The zero-order valence-electron chi connectivity index (χ0n) is 18.6. The molecular weight excluding hydrogens is 414 g/mol. The van der Waals surface area contributed by atoms with Gasteiger partial charge in [-0.3, -0.25) is 4.84 Å². The van der Waals surface area contributed by atoms with Crippen LogP contribution in [-0.4, -0.2) is 24.2 Å². The molecule has 3 aromatic carbocycles. The number of benzene rings is 3. The number of carboxylic acids is 1. The summed E-state index contributed by atoms with van der Waals surface area (Å²) >= 11 is 0. The van der Waals surface area contributed by atoms with Crippen molar-refractivity contribution >= 4 is 5.97 Å². The van der Waals surface area contributed by atoms with Crippen LogP contribution in [0.3, 0.4) is 0 Å². The van der Waals surface area contributed by atoms with Gasteiger partial charge in [0.1, 0.15) is 11.9 Å². The van der Waals surface area contributed by atoms with Crippen molar-refractivity contribution in [3.8, 4) is 5.75 Å². The van der Waals surface area contributed by atoms with Gasteiger partial charge in [-0.05, 0) is 54.0 Å². The highest BCUT2D eigenvalue weighted by molar-refractivity contribution is 5.68. The van der Waals surface area contributed by atoms with Gasteiger partial charge < -0.3 is 9.84 Å². The van der Waals surface area contributed by atoms with Crippen molar-refractivity contribution in [3.05, 3.63) is 113 Å². The van der Waals surface area contributed by atoms with E-state index in [-0.39, 0.29) is 12.7 Å². The van der Waals surface area contributed by atoms with E-state index in [0.717, 1.165) is 42.4 Å². The van der Waals surface area contributed by atoms with E-state index < -0.39 is 5.97 Å². The maximum atomic E-state index is 10.8. The van der Waals surface area contributed by atoms with E-state index in [9.17, 15) is 4.79 Å². The molecule has 0 aromatic heterocycles. The number of allylic oxidation sites excluding steroid dienone is 1. The van der Waals surface area contributed by atoms with Crippen LogP contribution in [0, 0.1) is 0 Å². The normalized spacial score (nSPS) is 14.3. The van der Waals surface area contributed by atoms with Crippen LogP contribution in [0.25, 0.3) is 0 Å². The van der Waals surface area contributed by atoms with Gasteiger partial charge in [-0.25, -0.2) is 10.3 Å². The summed E-state index contributed by atoms with van der Waals surface area (Å²) in [6.45, 7) is 0.409. The van der Waals surface area contributed by atoms with Crippen molar-refractivity contribution in [3.63, 3.8) is 0 Å².